The number of rotatable bonds is 7. The molecule has 0 aliphatic heterocycles. The minimum absolute atomic E-state index is 0. The minimum Gasteiger partial charge on any atom is -0.382 e. The number of ether oxygens (including phenoxy) is 3. The van der Waals surface area contributed by atoms with Crippen LogP contribution < -0.4 is 0 Å². The van der Waals surface area contributed by atoms with Crippen molar-refractivity contribution in [2.75, 3.05) is 40.1 Å². The van der Waals surface area contributed by atoms with Crippen LogP contribution in [0.3, 0.4) is 0 Å². The molecular formula is C9H24O3. The summed E-state index contributed by atoms with van der Waals surface area (Å²) in [5.41, 5.74) is 0. The summed E-state index contributed by atoms with van der Waals surface area (Å²) in [5, 5.41) is 0. The summed E-state index contributed by atoms with van der Waals surface area (Å²) in [6.45, 7) is 5.38. The van der Waals surface area contributed by atoms with Gasteiger partial charge in [-0.05, 0) is 6.92 Å². The molecule has 0 saturated carbocycles. The van der Waals surface area contributed by atoms with Gasteiger partial charge in [-0.3, -0.25) is 0 Å². The van der Waals surface area contributed by atoms with Crippen molar-refractivity contribution in [1.29, 1.82) is 0 Å². The quantitative estimate of drug-likeness (QED) is 0.560. The average molecular weight is 180 g/mol. The lowest BCUT2D eigenvalue weighted by molar-refractivity contribution is 0.0280. The number of hydrogen-bond acceptors (Lipinski definition) is 3. The van der Waals surface area contributed by atoms with Gasteiger partial charge in [-0.1, -0.05) is 14.9 Å². The van der Waals surface area contributed by atoms with E-state index >= 15 is 0 Å². The van der Waals surface area contributed by atoms with Gasteiger partial charge in [0, 0.05) is 13.7 Å². The van der Waals surface area contributed by atoms with E-state index in [-0.39, 0.29) is 14.9 Å². The Bertz CT molecular complexity index is 49.7. The second-order valence-corrected chi connectivity index (χ2v) is 1.80. The van der Waals surface area contributed by atoms with Gasteiger partial charge in [-0.25, -0.2) is 0 Å². The molecule has 0 bridgehead atoms. The summed E-state index contributed by atoms with van der Waals surface area (Å²) in [6, 6.07) is 0. The van der Waals surface area contributed by atoms with E-state index in [1.54, 1.807) is 7.11 Å². The van der Waals surface area contributed by atoms with Crippen LogP contribution in [0.25, 0.3) is 0 Å². The van der Waals surface area contributed by atoms with Crippen molar-refractivity contribution >= 4 is 0 Å². The van der Waals surface area contributed by atoms with Crippen LogP contribution >= 0.6 is 0 Å². The Morgan fingerprint density at radius 3 is 1.83 bits per heavy atom. The molecule has 0 spiro atoms. The van der Waals surface area contributed by atoms with Gasteiger partial charge in [0.2, 0.25) is 0 Å². The van der Waals surface area contributed by atoms with Gasteiger partial charge >= 0.3 is 0 Å². The molecule has 0 amide bonds. The zero-order valence-corrected chi connectivity index (χ0v) is 6.76. The molecule has 0 radical (unpaired) electrons. The minimum atomic E-state index is 0. The predicted octanol–water partition coefficient (Wildman–Crippen LogP) is 1.96. The summed E-state index contributed by atoms with van der Waals surface area (Å²) < 4.78 is 15.0. The van der Waals surface area contributed by atoms with Crippen LogP contribution in [0.4, 0.5) is 0 Å². The largest absolute Gasteiger partial charge is 0.382 e. The Labute approximate surface area is 77.0 Å². The third-order valence-corrected chi connectivity index (χ3v) is 1.01. The topological polar surface area (TPSA) is 27.7 Å². The van der Waals surface area contributed by atoms with Crippen molar-refractivity contribution in [3.05, 3.63) is 0 Å². The highest BCUT2D eigenvalue weighted by Gasteiger charge is 1.86. The molecule has 78 valence electrons. The molecule has 0 unspecified atom stereocenters. The molecule has 0 heterocycles. The van der Waals surface area contributed by atoms with Crippen molar-refractivity contribution in [3.63, 3.8) is 0 Å². The fourth-order valence-corrected chi connectivity index (χ4v) is 0.507. The molecule has 3 heteroatoms. The SMILES string of the molecule is C.C.CCOCCOCCOC. The first-order chi connectivity index (χ1) is 4.91. The summed E-state index contributed by atoms with van der Waals surface area (Å²) >= 11 is 0. The van der Waals surface area contributed by atoms with E-state index in [9.17, 15) is 0 Å². The van der Waals surface area contributed by atoms with Crippen LogP contribution in [0.5, 0.6) is 0 Å². The fourth-order valence-electron chi connectivity index (χ4n) is 0.507. The molecular weight excluding hydrogens is 156 g/mol. The van der Waals surface area contributed by atoms with E-state index in [0.717, 1.165) is 6.61 Å². The van der Waals surface area contributed by atoms with E-state index in [0.29, 0.717) is 26.4 Å². The first-order valence-corrected chi connectivity index (χ1v) is 3.56. The van der Waals surface area contributed by atoms with Crippen molar-refractivity contribution in [2.24, 2.45) is 0 Å². The second kappa shape index (κ2) is 17.1. The number of hydrogen-bond donors (Lipinski definition) is 0. The molecule has 0 fully saturated rings. The van der Waals surface area contributed by atoms with Crippen LogP contribution in [-0.2, 0) is 14.2 Å². The van der Waals surface area contributed by atoms with Crippen LogP contribution in [0.15, 0.2) is 0 Å². The summed E-state index contributed by atoms with van der Waals surface area (Å²) in [6.07, 6.45) is 0. The first kappa shape index (κ1) is 17.8. The van der Waals surface area contributed by atoms with Gasteiger partial charge in [0.25, 0.3) is 0 Å². The smallest absolute Gasteiger partial charge is 0.0701 e. The van der Waals surface area contributed by atoms with E-state index in [4.69, 9.17) is 14.2 Å². The molecule has 0 aromatic heterocycles. The van der Waals surface area contributed by atoms with Crippen LogP contribution in [-0.4, -0.2) is 40.1 Å². The third-order valence-electron chi connectivity index (χ3n) is 1.01. The monoisotopic (exact) mass is 180 g/mol. The number of methoxy groups -OCH3 is 1. The normalized spacial score (nSPS) is 8.50. The molecule has 0 aliphatic rings. The third kappa shape index (κ3) is 16.5. The van der Waals surface area contributed by atoms with Gasteiger partial charge in [-0.2, -0.15) is 0 Å². The van der Waals surface area contributed by atoms with Crippen molar-refractivity contribution < 1.29 is 14.2 Å². The Balaban J connectivity index is -0.000000405. The van der Waals surface area contributed by atoms with Gasteiger partial charge in [-0.15, -0.1) is 0 Å². The molecule has 12 heavy (non-hydrogen) atoms. The highest BCUT2D eigenvalue weighted by atomic mass is 16.5. The Morgan fingerprint density at radius 2 is 1.33 bits per heavy atom. The summed E-state index contributed by atoms with van der Waals surface area (Å²) in [7, 11) is 1.66. The first-order valence-electron chi connectivity index (χ1n) is 3.56. The Hall–Kier alpha value is -0.120. The van der Waals surface area contributed by atoms with Crippen molar-refractivity contribution in [3.8, 4) is 0 Å². The molecule has 0 atom stereocenters. The highest BCUT2D eigenvalue weighted by Crippen LogP contribution is 1.77. The van der Waals surface area contributed by atoms with Crippen molar-refractivity contribution in [2.45, 2.75) is 21.8 Å². The molecule has 0 rings (SSSR count). The maximum absolute atomic E-state index is 5.13. The van der Waals surface area contributed by atoms with Crippen LogP contribution in [0, 0.1) is 0 Å². The maximum Gasteiger partial charge on any atom is 0.0701 e. The van der Waals surface area contributed by atoms with E-state index in [1.165, 1.54) is 0 Å². The maximum atomic E-state index is 5.13. The second-order valence-electron chi connectivity index (χ2n) is 1.80. The molecule has 3 nitrogen and oxygen atoms in total. The molecule has 0 aromatic carbocycles. The van der Waals surface area contributed by atoms with Gasteiger partial charge in [0.1, 0.15) is 0 Å². The molecule has 0 aliphatic carbocycles. The highest BCUT2D eigenvalue weighted by molar-refractivity contribution is 4.29. The standard InChI is InChI=1S/C7H16O3.2CH4/c1-3-9-6-7-10-5-4-8-2;;/h3-7H2,1-2H3;2*1H4. The molecule has 0 N–H and O–H groups in total. The van der Waals surface area contributed by atoms with E-state index in [1.807, 2.05) is 6.92 Å². The Kier molecular flexibility index (Phi) is 25.4. The zero-order chi connectivity index (χ0) is 7.66. The van der Waals surface area contributed by atoms with Crippen LogP contribution in [0.2, 0.25) is 0 Å². The van der Waals surface area contributed by atoms with Gasteiger partial charge in [0.05, 0.1) is 26.4 Å². The lowest BCUT2D eigenvalue weighted by Crippen LogP contribution is -2.07. The van der Waals surface area contributed by atoms with Crippen molar-refractivity contribution in [1.82, 2.24) is 0 Å². The van der Waals surface area contributed by atoms with Crippen LogP contribution in [0.1, 0.15) is 21.8 Å². The van der Waals surface area contributed by atoms with E-state index in [2.05, 4.69) is 0 Å². The Morgan fingerprint density at radius 1 is 0.833 bits per heavy atom. The average Bonchev–Trinajstić information content (AvgIpc) is 1.97. The lowest BCUT2D eigenvalue weighted by atomic mass is 10.7. The molecule has 0 aromatic rings. The van der Waals surface area contributed by atoms with Gasteiger partial charge in [0.15, 0.2) is 0 Å². The zero-order valence-electron chi connectivity index (χ0n) is 6.76. The summed E-state index contributed by atoms with van der Waals surface area (Å²) in [4.78, 5) is 0. The lowest BCUT2D eigenvalue weighted by Gasteiger charge is -2.02. The summed E-state index contributed by atoms with van der Waals surface area (Å²) in [5.74, 6) is 0. The van der Waals surface area contributed by atoms with E-state index < -0.39 is 0 Å². The predicted molar refractivity (Wildman–Crippen MR) is 52.7 cm³/mol. The molecule has 0 saturated heterocycles. The van der Waals surface area contributed by atoms with Gasteiger partial charge < -0.3 is 14.2 Å². The fraction of sp³-hybridized carbons (Fsp3) is 1.00.